The number of hydrogen-bond donors (Lipinski definition) is 3. The van der Waals surface area contributed by atoms with Gasteiger partial charge in [-0.3, -0.25) is 9.79 Å². The van der Waals surface area contributed by atoms with Crippen LogP contribution in [0.2, 0.25) is 0 Å². The second-order valence-corrected chi connectivity index (χ2v) is 6.04. The van der Waals surface area contributed by atoms with Crippen LogP contribution in [0.25, 0.3) is 0 Å². The first-order chi connectivity index (χ1) is 13.2. The number of hydrogen-bond acceptors (Lipinski definition) is 4. The van der Waals surface area contributed by atoms with Crippen LogP contribution in [-0.2, 0) is 6.54 Å². The molecule has 0 unspecified atom stereocenters. The van der Waals surface area contributed by atoms with Gasteiger partial charge in [-0.25, -0.2) is 0 Å². The van der Waals surface area contributed by atoms with Gasteiger partial charge in [-0.15, -0.1) is 0 Å². The van der Waals surface area contributed by atoms with Gasteiger partial charge in [-0.1, -0.05) is 12.1 Å². The van der Waals surface area contributed by atoms with Crippen LogP contribution < -0.4 is 25.4 Å². The predicted molar refractivity (Wildman–Crippen MR) is 106 cm³/mol. The van der Waals surface area contributed by atoms with E-state index in [1.165, 1.54) is 0 Å². The third-order valence-electron chi connectivity index (χ3n) is 4.11. The van der Waals surface area contributed by atoms with Crippen molar-refractivity contribution in [3.63, 3.8) is 0 Å². The van der Waals surface area contributed by atoms with Crippen molar-refractivity contribution in [1.82, 2.24) is 10.6 Å². The molecule has 1 amide bonds. The van der Waals surface area contributed by atoms with Crippen molar-refractivity contribution >= 4 is 17.6 Å². The molecule has 3 rings (SSSR count). The first-order valence-electron chi connectivity index (χ1n) is 8.88. The van der Waals surface area contributed by atoms with Crippen molar-refractivity contribution in [2.75, 3.05) is 32.6 Å². The van der Waals surface area contributed by atoms with Crippen LogP contribution >= 0.6 is 0 Å². The highest BCUT2D eigenvalue weighted by molar-refractivity contribution is 5.95. The first-order valence-corrected chi connectivity index (χ1v) is 8.88. The molecule has 2 aromatic rings. The van der Waals surface area contributed by atoms with Crippen molar-refractivity contribution in [3.05, 3.63) is 53.6 Å². The number of nitrogens with zero attached hydrogens (tertiary/aromatic N) is 1. The molecule has 7 heteroatoms. The predicted octanol–water partition coefficient (Wildman–Crippen LogP) is 2.40. The van der Waals surface area contributed by atoms with Crippen molar-refractivity contribution in [2.45, 2.75) is 13.0 Å². The zero-order valence-corrected chi connectivity index (χ0v) is 15.5. The maximum Gasteiger partial charge on any atom is 0.251 e. The number of carbonyl (C=O) groups excluding carboxylic acids is 1. The number of ether oxygens (including phenoxy) is 2. The molecule has 7 nitrogen and oxygen atoms in total. The Bertz CT molecular complexity index is 836. The number of benzene rings is 2. The van der Waals surface area contributed by atoms with Crippen LogP contribution in [0.3, 0.4) is 0 Å². The number of amides is 1. The minimum atomic E-state index is -0.105. The molecule has 0 saturated carbocycles. The van der Waals surface area contributed by atoms with E-state index in [-0.39, 0.29) is 5.91 Å². The van der Waals surface area contributed by atoms with Crippen LogP contribution in [-0.4, -0.2) is 39.2 Å². The zero-order chi connectivity index (χ0) is 19.1. The maximum atomic E-state index is 11.8. The van der Waals surface area contributed by atoms with Crippen molar-refractivity contribution in [3.8, 4) is 11.5 Å². The Hall–Kier alpha value is -3.22. The largest absolute Gasteiger partial charge is 0.490 e. The lowest BCUT2D eigenvalue weighted by molar-refractivity contribution is 0.0963. The Kier molecular flexibility index (Phi) is 6.14. The fourth-order valence-electron chi connectivity index (χ4n) is 2.71. The van der Waals surface area contributed by atoms with E-state index in [4.69, 9.17) is 9.47 Å². The topological polar surface area (TPSA) is 84.0 Å². The molecule has 142 valence electrons. The molecule has 0 fully saturated rings. The van der Waals surface area contributed by atoms with Gasteiger partial charge >= 0.3 is 0 Å². The van der Waals surface area contributed by atoms with Crippen LogP contribution in [0, 0.1) is 0 Å². The Morgan fingerprint density at radius 2 is 1.93 bits per heavy atom. The Morgan fingerprint density at radius 1 is 1.11 bits per heavy atom. The summed E-state index contributed by atoms with van der Waals surface area (Å²) < 4.78 is 11.4. The number of aliphatic imine (C=N–C) groups is 1. The van der Waals surface area contributed by atoms with E-state index >= 15 is 0 Å². The summed E-state index contributed by atoms with van der Waals surface area (Å²) in [5.74, 6) is 2.00. The first kappa shape index (κ1) is 18.6. The molecule has 27 heavy (non-hydrogen) atoms. The van der Waals surface area contributed by atoms with Crippen LogP contribution in [0.4, 0.5) is 5.69 Å². The van der Waals surface area contributed by atoms with E-state index in [0.717, 1.165) is 29.2 Å². The molecular formula is C20H24N4O3. The van der Waals surface area contributed by atoms with Gasteiger partial charge in [0.2, 0.25) is 0 Å². The monoisotopic (exact) mass is 368 g/mol. The Balaban J connectivity index is 1.63. The third-order valence-corrected chi connectivity index (χ3v) is 4.11. The minimum absolute atomic E-state index is 0.105. The molecular weight excluding hydrogens is 344 g/mol. The third kappa shape index (κ3) is 4.91. The van der Waals surface area contributed by atoms with Gasteiger partial charge in [-0.05, 0) is 29.8 Å². The molecule has 1 aliphatic rings. The van der Waals surface area contributed by atoms with E-state index in [1.54, 1.807) is 20.2 Å². The highest BCUT2D eigenvalue weighted by Gasteiger charge is 2.11. The maximum absolute atomic E-state index is 11.8. The molecule has 0 aromatic heterocycles. The quantitative estimate of drug-likeness (QED) is 0.570. The standard InChI is InChI=1S/C20H24N4O3/c1-21-19(25)15-6-3-5-14(11-15)13-23-20(22-2)24-16-7-8-17-18(12-16)27-10-4-9-26-17/h3,5-8,11-12H,4,9-10,13H2,1-2H3,(H,21,25)(H2,22,23,24). The smallest absolute Gasteiger partial charge is 0.251 e. The minimum Gasteiger partial charge on any atom is -0.490 e. The van der Waals surface area contributed by atoms with E-state index in [1.807, 2.05) is 36.4 Å². The number of nitrogens with one attached hydrogen (secondary N) is 3. The fraction of sp³-hybridized carbons (Fsp3) is 0.300. The molecule has 0 radical (unpaired) electrons. The number of fused-ring (bicyclic) bond motifs is 1. The molecule has 1 aliphatic heterocycles. The molecule has 0 bridgehead atoms. The summed E-state index contributed by atoms with van der Waals surface area (Å²) in [6.07, 6.45) is 0.871. The van der Waals surface area contributed by atoms with E-state index < -0.39 is 0 Å². The lowest BCUT2D eigenvalue weighted by atomic mass is 10.1. The van der Waals surface area contributed by atoms with Gasteiger partial charge in [-0.2, -0.15) is 0 Å². The van der Waals surface area contributed by atoms with Crippen molar-refractivity contribution < 1.29 is 14.3 Å². The summed E-state index contributed by atoms with van der Waals surface area (Å²) in [5.41, 5.74) is 2.46. The molecule has 0 spiro atoms. The van der Waals surface area contributed by atoms with Gasteiger partial charge < -0.3 is 25.4 Å². The zero-order valence-electron chi connectivity index (χ0n) is 15.5. The molecule has 3 N–H and O–H groups in total. The Labute approximate surface area is 158 Å². The number of rotatable bonds is 4. The highest BCUT2D eigenvalue weighted by atomic mass is 16.5. The molecule has 1 heterocycles. The van der Waals surface area contributed by atoms with Crippen LogP contribution in [0.1, 0.15) is 22.3 Å². The molecule has 0 atom stereocenters. The number of anilines is 1. The SMILES string of the molecule is CN=C(NCc1cccc(C(=O)NC)c1)Nc1ccc2c(c1)OCCCO2. The molecule has 2 aromatic carbocycles. The van der Waals surface area contributed by atoms with Crippen LogP contribution in [0.15, 0.2) is 47.5 Å². The number of guanidine groups is 1. The molecule has 0 saturated heterocycles. The second-order valence-electron chi connectivity index (χ2n) is 6.04. The van der Waals surface area contributed by atoms with Crippen LogP contribution in [0.5, 0.6) is 11.5 Å². The van der Waals surface area contributed by atoms with Gasteiger partial charge in [0.1, 0.15) is 0 Å². The van der Waals surface area contributed by atoms with E-state index in [9.17, 15) is 4.79 Å². The summed E-state index contributed by atoms with van der Waals surface area (Å²) >= 11 is 0. The lowest BCUT2D eigenvalue weighted by Crippen LogP contribution is -2.30. The van der Waals surface area contributed by atoms with Crippen molar-refractivity contribution in [1.29, 1.82) is 0 Å². The molecule has 0 aliphatic carbocycles. The summed E-state index contributed by atoms with van der Waals surface area (Å²) in [4.78, 5) is 16.0. The van der Waals surface area contributed by atoms with Crippen molar-refractivity contribution in [2.24, 2.45) is 4.99 Å². The summed E-state index contributed by atoms with van der Waals surface area (Å²) in [5, 5.41) is 9.12. The van der Waals surface area contributed by atoms with Gasteiger partial charge in [0, 0.05) is 44.4 Å². The lowest BCUT2D eigenvalue weighted by Gasteiger charge is -2.14. The summed E-state index contributed by atoms with van der Waals surface area (Å²) in [6, 6.07) is 13.2. The highest BCUT2D eigenvalue weighted by Crippen LogP contribution is 2.32. The van der Waals surface area contributed by atoms with E-state index in [2.05, 4.69) is 20.9 Å². The van der Waals surface area contributed by atoms with E-state index in [0.29, 0.717) is 31.3 Å². The van der Waals surface area contributed by atoms with Gasteiger partial charge in [0.05, 0.1) is 13.2 Å². The number of carbonyl (C=O) groups is 1. The second kappa shape index (κ2) is 8.93. The fourth-order valence-corrected chi connectivity index (χ4v) is 2.71. The van der Waals surface area contributed by atoms with Gasteiger partial charge in [0.15, 0.2) is 17.5 Å². The normalized spacial score (nSPS) is 13.5. The summed E-state index contributed by atoms with van der Waals surface area (Å²) in [7, 11) is 3.33. The van der Waals surface area contributed by atoms with Gasteiger partial charge in [0.25, 0.3) is 5.91 Å². The Morgan fingerprint density at radius 3 is 2.70 bits per heavy atom. The summed E-state index contributed by atoms with van der Waals surface area (Å²) in [6.45, 7) is 1.85. The average Bonchev–Trinajstić information content (AvgIpc) is 2.95. The average molecular weight is 368 g/mol.